The number of aromatic nitrogens is 2. The van der Waals surface area contributed by atoms with Gasteiger partial charge in [0.05, 0.1) is 16.9 Å². The average molecular weight is 388 g/mol. The maximum atomic E-state index is 12.8. The summed E-state index contributed by atoms with van der Waals surface area (Å²) in [6.07, 6.45) is -4.05. The van der Waals surface area contributed by atoms with Crippen molar-refractivity contribution < 1.29 is 23.1 Å². The van der Waals surface area contributed by atoms with E-state index in [1.54, 1.807) is 4.68 Å². The molecule has 7 heteroatoms. The molecule has 3 rings (SSSR count). The maximum Gasteiger partial charge on any atom is 0.416 e. The molecule has 0 amide bonds. The van der Waals surface area contributed by atoms with E-state index in [-0.39, 0.29) is 11.3 Å². The Bertz CT molecular complexity index is 1040. The van der Waals surface area contributed by atoms with Crippen molar-refractivity contribution in [1.29, 1.82) is 0 Å². The molecule has 0 saturated heterocycles. The van der Waals surface area contributed by atoms with E-state index < -0.39 is 17.7 Å². The molecule has 0 fully saturated rings. The SMILES string of the molecule is CCc1c(C(=O)O)c(-c2ccc(C(F)(F)F)cc2)nn1-c1ccc(C)c(C)c1. The predicted molar refractivity (Wildman–Crippen MR) is 99.8 cm³/mol. The Morgan fingerprint density at radius 3 is 2.21 bits per heavy atom. The van der Waals surface area contributed by atoms with Crippen molar-refractivity contribution in [2.75, 3.05) is 0 Å². The van der Waals surface area contributed by atoms with E-state index >= 15 is 0 Å². The molecule has 0 saturated carbocycles. The summed E-state index contributed by atoms with van der Waals surface area (Å²) in [5.41, 5.74) is 3.00. The molecule has 1 aromatic heterocycles. The molecule has 0 aliphatic rings. The largest absolute Gasteiger partial charge is 0.478 e. The first-order valence-electron chi connectivity index (χ1n) is 8.74. The number of hydrogen-bond acceptors (Lipinski definition) is 2. The quantitative estimate of drug-likeness (QED) is 0.648. The van der Waals surface area contributed by atoms with Crippen molar-refractivity contribution in [3.8, 4) is 16.9 Å². The third-order valence-electron chi connectivity index (χ3n) is 4.75. The number of carboxylic acid groups (broad SMARTS) is 1. The highest BCUT2D eigenvalue weighted by molar-refractivity contribution is 5.96. The van der Waals surface area contributed by atoms with Crippen molar-refractivity contribution in [3.05, 3.63) is 70.4 Å². The second kappa shape index (κ2) is 7.14. The molecule has 146 valence electrons. The van der Waals surface area contributed by atoms with Gasteiger partial charge in [-0.15, -0.1) is 0 Å². The van der Waals surface area contributed by atoms with E-state index in [1.807, 2.05) is 39.0 Å². The van der Waals surface area contributed by atoms with Crippen LogP contribution in [0.15, 0.2) is 42.5 Å². The molecule has 1 heterocycles. The first-order valence-corrected chi connectivity index (χ1v) is 8.74. The molecule has 0 spiro atoms. The van der Waals surface area contributed by atoms with E-state index in [2.05, 4.69) is 5.10 Å². The van der Waals surface area contributed by atoms with Crippen LogP contribution in [0.25, 0.3) is 16.9 Å². The first kappa shape index (κ1) is 19.7. The molecule has 0 unspecified atom stereocenters. The number of carbonyl (C=O) groups is 1. The van der Waals surface area contributed by atoms with Crippen molar-refractivity contribution in [3.63, 3.8) is 0 Å². The summed E-state index contributed by atoms with van der Waals surface area (Å²) in [5.74, 6) is -1.16. The van der Waals surface area contributed by atoms with E-state index in [9.17, 15) is 23.1 Å². The molecule has 2 aromatic carbocycles. The van der Waals surface area contributed by atoms with Crippen LogP contribution in [0.3, 0.4) is 0 Å². The molecule has 0 atom stereocenters. The van der Waals surface area contributed by atoms with Crippen LogP contribution in [0, 0.1) is 13.8 Å². The van der Waals surface area contributed by atoms with E-state index in [0.717, 1.165) is 23.3 Å². The van der Waals surface area contributed by atoms with E-state index in [0.29, 0.717) is 23.4 Å². The Kier molecular flexibility index (Phi) is 5.02. The molecule has 0 aliphatic heterocycles. The highest BCUT2D eigenvalue weighted by Crippen LogP contribution is 2.33. The van der Waals surface area contributed by atoms with E-state index in [4.69, 9.17) is 0 Å². The van der Waals surface area contributed by atoms with Crippen LogP contribution in [-0.2, 0) is 12.6 Å². The second-order valence-electron chi connectivity index (χ2n) is 6.58. The number of halogens is 3. The molecule has 0 aliphatic carbocycles. The Morgan fingerprint density at radius 1 is 1.07 bits per heavy atom. The number of rotatable bonds is 4. The van der Waals surface area contributed by atoms with Gasteiger partial charge in [-0.3, -0.25) is 0 Å². The lowest BCUT2D eigenvalue weighted by Gasteiger charge is -2.09. The van der Waals surface area contributed by atoms with Gasteiger partial charge in [-0.05, 0) is 55.7 Å². The monoisotopic (exact) mass is 388 g/mol. The van der Waals surface area contributed by atoms with Crippen molar-refractivity contribution in [1.82, 2.24) is 9.78 Å². The number of benzene rings is 2. The molecule has 1 N–H and O–H groups in total. The third-order valence-corrected chi connectivity index (χ3v) is 4.75. The van der Waals surface area contributed by atoms with Gasteiger partial charge in [0.25, 0.3) is 0 Å². The van der Waals surface area contributed by atoms with Crippen LogP contribution in [0.4, 0.5) is 13.2 Å². The van der Waals surface area contributed by atoms with Gasteiger partial charge in [-0.2, -0.15) is 18.3 Å². The molecular weight excluding hydrogens is 369 g/mol. The number of alkyl halides is 3. The topological polar surface area (TPSA) is 55.1 Å². The lowest BCUT2D eigenvalue weighted by atomic mass is 10.0. The van der Waals surface area contributed by atoms with Gasteiger partial charge in [-0.25, -0.2) is 9.48 Å². The van der Waals surface area contributed by atoms with Gasteiger partial charge in [0.2, 0.25) is 0 Å². The van der Waals surface area contributed by atoms with Crippen LogP contribution in [-0.4, -0.2) is 20.9 Å². The van der Waals surface area contributed by atoms with Gasteiger partial charge in [0.15, 0.2) is 0 Å². The van der Waals surface area contributed by atoms with Gasteiger partial charge in [-0.1, -0.05) is 25.1 Å². The second-order valence-corrected chi connectivity index (χ2v) is 6.58. The highest BCUT2D eigenvalue weighted by atomic mass is 19.4. The van der Waals surface area contributed by atoms with Gasteiger partial charge in [0, 0.05) is 5.56 Å². The molecule has 28 heavy (non-hydrogen) atoms. The van der Waals surface area contributed by atoms with Crippen LogP contribution < -0.4 is 0 Å². The number of aryl methyl sites for hydroxylation is 2. The minimum atomic E-state index is -4.46. The van der Waals surface area contributed by atoms with Crippen molar-refractivity contribution >= 4 is 5.97 Å². The summed E-state index contributed by atoms with van der Waals surface area (Å²) in [6.45, 7) is 5.74. The zero-order valence-corrected chi connectivity index (χ0v) is 15.6. The number of carboxylic acids is 1. The molecule has 0 radical (unpaired) electrons. The van der Waals surface area contributed by atoms with Gasteiger partial charge >= 0.3 is 12.1 Å². The summed E-state index contributed by atoms with van der Waals surface area (Å²) < 4.78 is 40.0. The van der Waals surface area contributed by atoms with Crippen molar-refractivity contribution in [2.24, 2.45) is 0 Å². The standard InChI is InChI=1S/C21H19F3N2O2/c1-4-17-18(20(27)28)19(14-6-8-15(9-7-14)21(22,23)24)25-26(17)16-10-5-12(2)13(3)11-16/h5-11H,4H2,1-3H3,(H,27,28). The van der Waals surface area contributed by atoms with Gasteiger partial charge < -0.3 is 5.11 Å². The number of nitrogens with zero attached hydrogens (tertiary/aromatic N) is 2. The van der Waals surface area contributed by atoms with E-state index in [1.165, 1.54) is 12.1 Å². The first-order chi connectivity index (χ1) is 13.1. The zero-order valence-electron chi connectivity index (χ0n) is 15.6. The normalized spacial score (nSPS) is 11.6. The van der Waals surface area contributed by atoms with Gasteiger partial charge in [0.1, 0.15) is 11.3 Å². The summed E-state index contributed by atoms with van der Waals surface area (Å²) in [7, 11) is 0. The summed E-state index contributed by atoms with van der Waals surface area (Å²) >= 11 is 0. The summed E-state index contributed by atoms with van der Waals surface area (Å²) in [5, 5.41) is 14.2. The molecule has 0 bridgehead atoms. The Labute approximate surface area is 160 Å². The minimum Gasteiger partial charge on any atom is -0.478 e. The fraction of sp³-hybridized carbons (Fsp3) is 0.238. The third kappa shape index (κ3) is 3.52. The van der Waals surface area contributed by atoms with Crippen LogP contribution >= 0.6 is 0 Å². The zero-order chi connectivity index (χ0) is 20.6. The molecule has 3 aromatic rings. The fourth-order valence-electron chi connectivity index (χ4n) is 3.09. The lowest BCUT2D eigenvalue weighted by Crippen LogP contribution is -2.06. The fourth-order valence-corrected chi connectivity index (χ4v) is 3.09. The molecule has 4 nitrogen and oxygen atoms in total. The Hall–Kier alpha value is -3.09. The highest BCUT2D eigenvalue weighted by Gasteiger charge is 2.31. The lowest BCUT2D eigenvalue weighted by molar-refractivity contribution is -0.137. The average Bonchev–Trinajstić information content (AvgIpc) is 3.03. The summed E-state index contributed by atoms with van der Waals surface area (Å²) in [4.78, 5) is 11.9. The van der Waals surface area contributed by atoms with Crippen molar-refractivity contribution in [2.45, 2.75) is 33.4 Å². The Balaban J connectivity index is 2.20. The van der Waals surface area contributed by atoms with Crippen LogP contribution in [0.1, 0.15) is 39.7 Å². The summed E-state index contributed by atoms with van der Waals surface area (Å²) in [6, 6.07) is 10.0. The van der Waals surface area contributed by atoms with Crippen LogP contribution in [0.5, 0.6) is 0 Å². The number of aromatic carboxylic acids is 1. The molecular formula is C21H19F3N2O2. The smallest absolute Gasteiger partial charge is 0.416 e. The maximum absolute atomic E-state index is 12.8. The predicted octanol–water partition coefficient (Wildman–Crippen LogP) is 5.44. The Morgan fingerprint density at radius 2 is 1.71 bits per heavy atom. The van der Waals surface area contributed by atoms with Crippen LogP contribution in [0.2, 0.25) is 0 Å². The minimum absolute atomic E-state index is 0.000451. The number of hydrogen-bond donors (Lipinski definition) is 1.